The van der Waals surface area contributed by atoms with E-state index >= 15 is 0 Å². The van der Waals surface area contributed by atoms with E-state index in [0.717, 1.165) is 28.5 Å². The van der Waals surface area contributed by atoms with Crippen LogP contribution in [0.5, 0.6) is 0 Å². The molecule has 3 aromatic heterocycles. The van der Waals surface area contributed by atoms with Crippen LogP contribution in [0.3, 0.4) is 0 Å². The van der Waals surface area contributed by atoms with Gasteiger partial charge in [-0.3, -0.25) is 9.59 Å². The van der Waals surface area contributed by atoms with Gasteiger partial charge >= 0.3 is 0 Å². The first-order valence-corrected chi connectivity index (χ1v) is 11.4. The highest BCUT2D eigenvalue weighted by atomic mass is 32.1. The first kappa shape index (κ1) is 19.8. The maximum Gasteiger partial charge on any atom is 0.264 e. The van der Waals surface area contributed by atoms with Crippen LogP contribution in [0.2, 0.25) is 0 Å². The largest absolute Gasteiger partial charge is 0.352 e. The number of amides is 2. The first-order chi connectivity index (χ1) is 15.0. The number of anilines is 1. The SMILES string of the molecule is CC(C)NC(=O)CN1c2cccnc2-n2cccc2[C@@]12CCN(C(=O)c1cccs1)C2. The Hall–Kier alpha value is -3.13. The predicted molar refractivity (Wildman–Crippen MR) is 121 cm³/mol. The van der Waals surface area contributed by atoms with Crippen LogP contribution in [-0.4, -0.2) is 51.9 Å². The summed E-state index contributed by atoms with van der Waals surface area (Å²) in [7, 11) is 0. The molecule has 2 amide bonds. The van der Waals surface area contributed by atoms with Gasteiger partial charge in [0.2, 0.25) is 5.91 Å². The average molecular weight is 436 g/mol. The molecule has 1 fully saturated rings. The highest BCUT2D eigenvalue weighted by Gasteiger charge is 2.51. The number of nitrogens with one attached hydrogen (secondary N) is 1. The Bertz CT molecular complexity index is 1120. The number of carbonyl (C=O) groups is 2. The lowest BCUT2D eigenvalue weighted by molar-refractivity contribution is -0.120. The fourth-order valence-electron chi connectivity index (χ4n) is 4.80. The molecule has 1 atom stereocenters. The van der Waals surface area contributed by atoms with E-state index in [-0.39, 0.29) is 24.4 Å². The number of rotatable bonds is 4. The number of nitrogens with zero attached hydrogens (tertiary/aromatic N) is 4. The van der Waals surface area contributed by atoms with Crippen LogP contribution >= 0.6 is 11.3 Å². The molecule has 0 radical (unpaired) electrons. The lowest BCUT2D eigenvalue weighted by atomic mass is 9.88. The van der Waals surface area contributed by atoms with Gasteiger partial charge in [0.25, 0.3) is 5.91 Å². The van der Waals surface area contributed by atoms with Crippen LogP contribution in [0, 0.1) is 0 Å². The number of fused-ring (bicyclic) bond motifs is 4. The monoisotopic (exact) mass is 435 g/mol. The Morgan fingerprint density at radius 1 is 1.23 bits per heavy atom. The highest BCUT2D eigenvalue weighted by Crippen LogP contribution is 2.47. The molecule has 31 heavy (non-hydrogen) atoms. The molecule has 5 rings (SSSR count). The van der Waals surface area contributed by atoms with Crippen LogP contribution < -0.4 is 10.2 Å². The summed E-state index contributed by atoms with van der Waals surface area (Å²) in [4.78, 5) is 35.4. The molecule has 0 bridgehead atoms. The van der Waals surface area contributed by atoms with Gasteiger partial charge < -0.3 is 19.7 Å². The molecular weight excluding hydrogens is 410 g/mol. The third kappa shape index (κ3) is 3.22. The van der Waals surface area contributed by atoms with Crippen molar-refractivity contribution in [1.82, 2.24) is 19.8 Å². The topological polar surface area (TPSA) is 70.5 Å². The normalized spacial score (nSPS) is 19.6. The Labute approximate surface area is 185 Å². The predicted octanol–water partition coefficient (Wildman–Crippen LogP) is 3.02. The maximum atomic E-state index is 13.1. The van der Waals surface area contributed by atoms with Crippen molar-refractivity contribution in [1.29, 1.82) is 0 Å². The summed E-state index contributed by atoms with van der Waals surface area (Å²) < 4.78 is 2.10. The van der Waals surface area contributed by atoms with E-state index in [9.17, 15) is 9.59 Å². The van der Waals surface area contributed by atoms with Crippen molar-refractivity contribution in [3.63, 3.8) is 0 Å². The lowest BCUT2D eigenvalue weighted by Gasteiger charge is -2.46. The zero-order chi connectivity index (χ0) is 21.6. The molecule has 0 saturated carbocycles. The van der Waals surface area contributed by atoms with Crippen LogP contribution in [0.25, 0.3) is 5.82 Å². The van der Waals surface area contributed by atoms with Gasteiger partial charge in [0.1, 0.15) is 5.54 Å². The number of hydrogen-bond donors (Lipinski definition) is 1. The minimum Gasteiger partial charge on any atom is -0.352 e. The van der Waals surface area contributed by atoms with Crippen molar-refractivity contribution in [3.8, 4) is 5.82 Å². The summed E-state index contributed by atoms with van der Waals surface area (Å²) in [5, 5.41) is 4.94. The molecule has 0 aliphatic carbocycles. The second kappa shape index (κ2) is 7.53. The van der Waals surface area contributed by atoms with Crippen LogP contribution in [0.4, 0.5) is 5.69 Å². The Morgan fingerprint density at radius 2 is 2.10 bits per heavy atom. The third-order valence-corrected chi connectivity index (χ3v) is 6.90. The fraction of sp³-hybridized carbons (Fsp3) is 0.348. The van der Waals surface area contributed by atoms with Gasteiger partial charge in [-0.2, -0.15) is 0 Å². The van der Waals surface area contributed by atoms with Crippen LogP contribution in [-0.2, 0) is 10.3 Å². The zero-order valence-electron chi connectivity index (χ0n) is 17.6. The Morgan fingerprint density at radius 3 is 2.87 bits per heavy atom. The standard InChI is InChI=1S/C23H25N5O2S/c1-16(2)25-20(29)14-28-17-6-3-10-24-21(17)27-11-4-8-19(27)23(28)9-12-26(15-23)22(30)18-7-5-13-31-18/h3-8,10-11,13,16H,9,12,14-15H2,1-2H3,(H,25,29)/t23-/m0/s1. The molecule has 1 spiro atoms. The zero-order valence-corrected chi connectivity index (χ0v) is 18.4. The average Bonchev–Trinajstić information content (AvgIpc) is 3.51. The summed E-state index contributed by atoms with van der Waals surface area (Å²) in [5.74, 6) is 0.828. The minimum atomic E-state index is -0.485. The Balaban J connectivity index is 1.57. The van der Waals surface area contributed by atoms with Crippen molar-refractivity contribution in [3.05, 3.63) is 64.7 Å². The quantitative estimate of drug-likeness (QED) is 0.684. The van der Waals surface area contributed by atoms with Crippen molar-refractivity contribution < 1.29 is 9.59 Å². The molecule has 1 saturated heterocycles. The van der Waals surface area contributed by atoms with Crippen molar-refractivity contribution >= 4 is 28.8 Å². The van der Waals surface area contributed by atoms with Gasteiger partial charge in [0.05, 0.1) is 22.8 Å². The van der Waals surface area contributed by atoms with E-state index < -0.39 is 5.54 Å². The highest BCUT2D eigenvalue weighted by molar-refractivity contribution is 7.12. The van der Waals surface area contributed by atoms with E-state index in [2.05, 4.69) is 25.8 Å². The van der Waals surface area contributed by atoms with Gasteiger partial charge in [-0.1, -0.05) is 6.07 Å². The summed E-state index contributed by atoms with van der Waals surface area (Å²) >= 11 is 1.46. The molecule has 5 heterocycles. The minimum absolute atomic E-state index is 0.0350. The second-order valence-corrected chi connectivity index (χ2v) is 9.35. The van der Waals surface area contributed by atoms with Gasteiger partial charge in [-0.25, -0.2) is 4.98 Å². The molecule has 0 unspecified atom stereocenters. The van der Waals surface area contributed by atoms with Crippen LogP contribution in [0.1, 0.15) is 35.6 Å². The number of pyridine rings is 1. The molecular formula is C23H25N5O2S. The van der Waals surface area contributed by atoms with E-state index in [4.69, 9.17) is 0 Å². The summed E-state index contributed by atoms with van der Waals surface area (Å²) in [6.07, 6.45) is 4.53. The van der Waals surface area contributed by atoms with E-state index in [1.165, 1.54) is 11.3 Å². The smallest absolute Gasteiger partial charge is 0.264 e. The fourth-order valence-corrected chi connectivity index (χ4v) is 5.49. The third-order valence-electron chi connectivity index (χ3n) is 6.05. The molecule has 2 aliphatic rings. The molecule has 160 valence electrons. The van der Waals surface area contributed by atoms with Crippen molar-refractivity contribution in [2.24, 2.45) is 0 Å². The summed E-state index contributed by atoms with van der Waals surface area (Å²) in [5.41, 5.74) is 1.49. The molecule has 7 nitrogen and oxygen atoms in total. The lowest BCUT2D eigenvalue weighted by Crippen LogP contribution is -2.56. The molecule has 8 heteroatoms. The second-order valence-electron chi connectivity index (χ2n) is 8.40. The van der Waals surface area contributed by atoms with Gasteiger partial charge in [-0.05, 0) is 56.0 Å². The first-order valence-electron chi connectivity index (χ1n) is 10.5. The number of thiophene rings is 1. The van der Waals surface area contributed by atoms with Crippen LogP contribution in [0.15, 0.2) is 54.2 Å². The van der Waals surface area contributed by atoms with Gasteiger partial charge in [-0.15, -0.1) is 11.3 Å². The summed E-state index contributed by atoms with van der Waals surface area (Å²) in [6, 6.07) is 11.8. The number of aromatic nitrogens is 2. The number of carbonyl (C=O) groups excluding carboxylic acids is 2. The van der Waals surface area contributed by atoms with E-state index in [0.29, 0.717) is 13.1 Å². The Kier molecular flexibility index (Phi) is 4.81. The van der Waals surface area contributed by atoms with Gasteiger partial charge in [0, 0.05) is 31.5 Å². The van der Waals surface area contributed by atoms with E-state index in [1.54, 1.807) is 6.20 Å². The van der Waals surface area contributed by atoms with E-state index in [1.807, 2.05) is 60.7 Å². The maximum absolute atomic E-state index is 13.1. The van der Waals surface area contributed by atoms with Crippen molar-refractivity contribution in [2.75, 3.05) is 24.5 Å². The number of hydrogen-bond acceptors (Lipinski definition) is 5. The summed E-state index contributed by atoms with van der Waals surface area (Å²) in [6.45, 7) is 5.29. The molecule has 1 N–H and O–H groups in total. The molecule has 0 aromatic carbocycles. The van der Waals surface area contributed by atoms with Gasteiger partial charge in [0.15, 0.2) is 5.82 Å². The van der Waals surface area contributed by atoms with Crippen molar-refractivity contribution in [2.45, 2.75) is 31.8 Å². The molecule has 3 aromatic rings. The number of likely N-dealkylation sites (tertiary alicyclic amines) is 1. The molecule has 2 aliphatic heterocycles.